The lowest BCUT2D eigenvalue weighted by Gasteiger charge is -2.29. The van der Waals surface area contributed by atoms with Gasteiger partial charge in [-0.05, 0) is 18.8 Å². The summed E-state index contributed by atoms with van der Waals surface area (Å²) >= 11 is 0. The first-order valence-electron chi connectivity index (χ1n) is 7.38. The number of carbonyl (C=O) groups is 1. The summed E-state index contributed by atoms with van der Waals surface area (Å²) in [6.45, 7) is 1.21. The van der Waals surface area contributed by atoms with E-state index < -0.39 is 6.10 Å². The quantitative estimate of drug-likeness (QED) is 0.776. The Morgan fingerprint density at radius 1 is 1.28 bits per heavy atom. The minimum Gasteiger partial charge on any atom is -0.390 e. The maximum absolute atomic E-state index is 11.5. The van der Waals surface area contributed by atoms with Crippen LogP contribution >= 0.6 is 0 Å². The normalized spacial score (nSPS) is 25.4. The van der Waals surface area contributed by atoms with Crippen LogP contribution < -0.4 is 5.73 Å². The molecule has 0 spiro atoms. The molecule has 0 aromatic carbocycles. The van der Waals surface area contributed by atoms with Gasteiger partial charge in [0.15, 0.2) is 0 Å². The highest BCUT2D eigenvalue weighted by Crippen LogP contribution is 2.27. The van der Waals surface area contributed by atoms with Gasteiger partial charge in [0.2, 0.25) is 5.91 Å². The Bertz CT molecular complexity index is 277. The monoisotopic (exact) mass is 254 g/mol. The van der Waals surface area contributed by atoms with Crippen LogP contribution in [-0.2, 0) is 4.79 Å². The summed E-state index contributed by atoms with van der Waals surface area (Å²) in [6, 6.07) is -0.179. The van der Waals surface area contributed by atoms with Crippen LogP contribution in [0.25, 0.3) is 0 Å². The minimum absolute atomic E-state index is 0.166. The first-order valence-corrected chi connectivity index (χ1v) is 7.38. The van der Waals surface area contributed by atoms with E-state index in [2.05, 4.69) is 0 Å². The Labute approximate surface area is 110 Å². The number of hydrogen-bond acceptors (Lipinski definition) is 3. The lowest BCUT2D eigenvalue weighted by atomic mass is 9.84. The standard InChI is InChI=1S/C14H26N2O2/c15-12(9-11-5-2-1-3-6-11)13(17)10-16-8-4-7-14(16)18/h11-13,17H,1-10,15H2. The number of carbonyl (C=O) groups excluding carboxylic acids is 1. The molecule has 4 heteroatoms. The minimum atomic E-state index is -0.561. The van der Waals surface area contributed by atoms with Crippen LogP contribution in [0.4, 0.5) is 0 Å². The fourth-order valence-electron chi connectivity index (χ4n) is 3.22. The summed E-state index contributed by atoms with van der Waals surface area (Å²) < 4.78 is 0. The zero-order valence-electron chi connectivity index (χ0n) is 11.2. The van der Waals surface area contributed by atoms with Crippen molar-refractivity contribution in [3.8, 4) is 0 Å². The molecule has 2 aliphatic rings. The second-order valence-corrected chi connectivity index (χ2v) is 5.91. The van der Waals surface area contributed by atoms with Crippen LogP contribution in [0.15, 0.2) is 0 Å². The summed E-state index contributed by atoms with van der Waals surface area (Å²) in [5.74, 6) is 0.844. The van der Waals surface area contributed by atoms with Crippen LogP contribution in [0, 0.1) is 5.92 Å². The lowest BCUT2D eigenvalue weighted by Crippen LogP contribution is -2.44. The number of rotatable bonds is 5. The van der Waals surface area contributed by atoms with Gasteiger partial charge >= 0.3 is 0 Å². The fourth-order valence-corrected chi connectivity index (χ4v) is 3.22. The van der Waals surface area contributed by atoms with Crippen molar-refractivity contribution in [2.24, 2.45) is 11.7 Å². The molecule has 1 heterocycles. The molecule has 0 radical (unpaired) electrons. The van der Waals surface area contributed by atoms with Gasteiger partial charge in [-0.15, -0.1) is 0 Å². The van der Waals surface area contributed by atoms with Crippen molar-refractivity contribution in [1.82, 2.24) is 4.90 Å². The smallest absolute Gasteiger partial charge is 0.222 e. The van der Waals surface area contributed by atoms with E-state index in [1.807, 2.05) is 0 Å². The maximum Gasteiger partial charge on any atom is 0.222 e. The van der Waals surface area contributed by atoms with E-state index in [1.54, 1.807) is 4.90 Å². The predicted octanol–water partition coefficient (Wildman–Crippen LogP) is 1.27. The van der Waals surface area contributed by atoms with Gasteiger partial charge in [-0.3, -0.25) is 4.79 Å². The molecular weight excluding hydrogens is 228 g/mol. The number of aliphatic hydroxyl groups excluding tert-OH is 1. The largest absolute Gasteiger partial charge is 0.390 e. The molecular formula is C14H26N2O2. The van der Waals surface area contributed by atoms with Crippen molar-refractivity contribution in [2.45, 2.75) is 63.5 Å². The summed E-state index contributed by atoms with van der Waals surface area (Å²) in [5.41, 5.74) is 6.08. The zero-order chi connectivity index (χ0) is 13.0. The molecule has 1 aliphatic carbocycles. The summed E-state index contributed by atoms with van der Waals surface area (Å²) in [5, 5.41) is 10.1. The van der Waals surface area contributed by atoms with Gasteiger partial charge in [-0.25, -0.2) is 0 Å². The van der Waals surface area contributed by atoms with E-state index in [0.717, 1.165) is 19.4 Å². The van der Waals surface area contributed by atoms with Crippen LogP contribution in [-0.4, -0.2) is 41.1 Å². The molecule has 2 rings (SSSR count). The van der Waals surface area contributed by atoms with Gasteiger partial charge in [-0.1, -0.05) is 32.1 Å². The van der Waals surface area contributed by atoms with E-state index in [4.69, 9.17) is 5.73 Å². The highest BCUT2D eigenvalue weighted by molar-refractivity contribution is 5.78. The third kappa shape index (κ3) is 3.69. The highest BCUT2D eigenvalue weighted by atomic mass is 16.3. The van der Waals surface area contributed by atoms with E-state index in [1.165, 1.54) is 32.1 Å². The van der Waals surface area contributed by atoms with E-state index in [0.29, 0.717) is 18.9 Å². The van der Waals surface area contributed by atoms with Gasteiger partial charge in [0.1, 0.15) is 0 Å². The van der Waals surface area contributed by atoms with Gasteiger partial charge in [0, 0.05) is 25.6 Å². The van der Waals surface area contributed by atoms with Gasteiger partial charge in [-0.2, -0.15) is 0 Å². The van der Waals surface area contributed by atoms with Crippen molar-refractivity contribution >= 4 is 5.91 Å². The van der Waals surface area contributed by atoms with Crippen LogP contribution in [0.2, 0.25) is 0 Å². The topological polar surface area (TPSA) is 66.6 Å². The first-order chi connectivity index (χ1) is 8.66. The SMILES string of the molecule is NC(CC1CCCCC1)C(O)CN1CCCC1=O. The molecule has 18 heavy (non-hydrogen) atoms. The summed E-state index contributed by atoms with van der Waals surface area (Å²) in [7, 11) is 0. The zero-order valence-corrected chi connectivity index (χ0v) is 11.2. The van der Waals surface area contributed by atoms with Crippen molar-refractivity contribution in [3.63, 3.8) is 0 Å². The number of likely N-dealkylation sites (tertiary alicyclic amines) is 1. The van der Waals surface area contributed by atoms with Crippen molar-refractivity contribution in [1.29, 1.82) is 0 Å². The summed E-state index contributed by atoms with van der Waals surface area (Å²) in [6.07, 6.45) is 8.35. The third-order valence-electron chi connectivity index (χ3n) is 4.40. The van der Waals surface area contributed by atoms with Crippen molar-refractivity contribution in [3.05, 3.63) is 0 Å². The Hall–Kier alpha value is -0.610. The molecule has 2 atom stereocenters. The number of nitrogens with two attached hydrogens (primary N) is 1. The van der Waals surface area contributed by atoms with Crippen molar-refractivity contribution in [2.75, 3.05) is 13.1 Å². The van der Waals surface area contributed by atoms with Crippen molar-refractivity contribution < 1.29 is 9.90 Å². The number of nitrogens with zero attached hydrogens (tertiary/aromatic N) is 1. The molecule has 0 bridgehead atoms. The van der Waals surface area contributed by atoms with Gasteiger partial charge < -0.3 is 15.7 Å². The molecule has 0 aromatic heterocycles. The molecule has 1 saturated heterocycles. The number of hydrogen-bond donors (Lipinski definition) is 2. The Morgan fingerprint density at radius 2 is 2.00 bits per heavy atom. The Balaban J connectivity index is 1.73. The molecule has 1 aliphatic heterocycles. The van der Waals surface area contributed by atoms with Crippen LogP contribution in [0.3, 0.4) is 0 Å². The number of aliphatic hydroxyl groups is 1. The molecule has 4 nitrogen and oxygen atoms in total. The third-order valence-corrected chi connectivity index (χ3v) is 4.40. The first kappa shape index (κ1) is 13.8. The fraction of sp³-hybridized carbons (Fsp3) is 0.929. The molecule has 104 valence electrons. The molecule has 2 fully saturated rings. The Kier molecular flexibility index (Phi) is 5.01. The maximum atomic E-state index is 11.5. The molecule has 1 saturated carbocycles. The van der Waals surface area contributed by atoms with E-state index in [9.17, 15) is 9.90 Å². The molecule has 2 unspecified atom stereocenters. The Morgan fingerprint density at radius 3 is 2.61 bits per heavy atom. The number of amides is 1. The molecule has 0 aromatic rings. The molecule has 1 amide bonds. The van der Waals surface area contributed by atoms with E-state index >= 15 is 0 Å². The van der Waals surface area contributed by atoms with Crippen LogP contribution in [0.5, 0.6) is 0 Å². The second kappa shape index (κ2) is 6.53. The lowest BCUT2D eigenvalue weighted by molar-refractivity contribution is -0.129. The van der Waals surface area contributed by atoms with E-state index in [-0.39, 0.29) is 11.9 Å². The van der Waals surface area contributed by atoms with Gasteiger partial charge in [0.05, 0.1) is 6.10 Å². The molecule has 3 N–H and O–H groups in total. The average Bonchev–Trinajstić information content (AvgIpc) is 2.76. The predicted molar refractivity (Wildman–Crippen MR) is 71.0 cm³/mol. The van der Waals surface area contributed by atoms with Gasteiger partial charge in [0.25, 0.3) is 0 Å². The average molecular weight is 254 g/mol. The van der Waals surface area contributed by atoms with Crippen LogP contribution in [0.1, 0.15) is 51.4 Å². The second-order valence-electron chi connectivity index (χ2n) is 5.91. The number of β-amino-alcohol motifs (C(OH)–C–C–N with tert-alkyl or cyclic N) is 1. The summed E-state index contributed by atoms with van der Waals surface area (Å²) in [4.78, 5) is 13.3. The highest BCUT2D eigenvalue weighted by Gasteiger charge is 2.27.